The van der Waals surface area contributed by atoms with Gasteiger partial charge in [0.05, 0.1) is 12.2 Å². The summed E-state index contributed by atoms with van der Waals surface area (Å²) in [5.74, 6) is 1.79. The lowest BCUT2D eigenvalue weighted by molar-refractivity contribution is -0.197. The maximum atomic E-state index is 13.5. The summed E-state index contributed by atoms with van der Waals surface area (Å²) in [5, 5.41) is 10.8. The molecule has 7 atom stereocenters. The molecule has 0 spiro atoms. The van der Waals surface area contributed by atoms with Crippen molar-refractivity contribution in [3.63, 3.8) is 0 Å². The van der Waals surface area contributed by atoms with E-state index >= 15 is 0 Å². The third-order valence-electron chi connectivity index (χ3n) is 14.3. The minimum Gasteiger partial charge on any atom is -0.456 e. The Bertz CT molecular complexity index is 1450. The summed E-state index contributed by atoms with van der Waals surface area (Å²) in [7, 11) is 0. The molecule has 4 nitrogen and oxygen atoms in total. The predicted octanol–water partition coefficient (Wildman–Crippen LogP) is 9.61. The molecule has 5 aliphatic carbocycles. The van der Waals surface area contributed by atoms with Crippen molar-refractivity contribution in [1.29, 1.82) is 0 Å². The largest absolute Gasteiger partial charge is 0.456 e. The fraction of sp³-hybridized carbons (Fsp3) is 0.707. The van der Waals surface area contributed by atoms with E-state index in [9.17, 15) is 14.7 Å². The van der Waals surface area contributed by atoms with Gasteiger partial charge in [0.15, 0.2) is 5.78 Å². The van der Waals surface area contributed by atoms with E-state index in [0.29, 0.717) is 35.5 Å². The molecule has 246 valence electrons. The second-order valence-corrected chi connectivity index (χ2v) is 18.3. The van der Waals surface area contributed by atoms with Crippen LogP contribution in [0.1, 0.15) is 137 Å². The molecule has 45 heavy (non-hydrogen) atoms. The molecule has 3 fully saturated rings. The lowest BCUT2D eigenvalue weighted by atomic mass is 9.33. The summed E-state index contributed by atoms with van der Waals surface area (Å²) in [4.78, 5) is 26.1. The van der Waals surface area contributed by atoms with Crippen molar-refractivity contribution < 1.29 is 19.4 Å². The van der Waals surface area contributed by atoms with Crippen molar-refractivity contribution in [3.05, 3.63) is 52.6 Å². The number of fused-ring (bicyclic) bond motifs is 7. The van der Waals surface area contributed by atoms with Crippen LogP contribution in [0.25, 0.3) is 5.57 Å². The van der Waals surface area contributed by atoms with Gasteiger partial charge in [0.1, 0.15) is 5.60 Å². The van der Waals surface area contributed by atoms with Crippen molar-refractivity contribution in [3.8, 4) is 0 Å². The number of hydrogen-bond donors (Lipinski definition) is 1. The Morgan fingerprint density at radius 1 is 0.933 bits per heavy atom. The lowest BCUT2D eigenvalue weighted by Gasteiger charge is -2.71. The zero-order chi connectivity index (χ0) is 33.0. The predicted molar refractivity (Wildman–Crippen MR) is 181 cm³/mol. The van der Waals surface area contributed by atoms with Gasteiger partial charge < -0.3 is 9.84 Å². The number of carbonyl (C=O) groups is 2. The van der Waals surface area contributed by atoms with Crippen LogP contribution in [-0.2, 0) is 9.53 Å². The molecule has 0 aromatic heterocycles. The molecule has 0 bridgehead atoms. The van der Waals surface area contributed by atoms with Crippen molar-refractivity contribution in [2.75, 3.05) is 6.61 Å². The molecule has 4 heteroatoms. The van der Waals surface area contributed by atoms with Gasteiger partial charge in [-0.1, -0.05) is 72.2 Å². The highest BCUT2D eigenvalue weighted by molar-refractivity contribution is 6.00. The Hall–Kier alpha value is -2.20. The highest BCUT2D eigenvalue weighted by Gasteiger charge is 2.69. The number of benzene rings is 1. The number of hydrogen-bond acceptors (Lipinski definition) is 4. The number of rotatable bonds is 4. The summed E-state index contributed by atoms with van der Waals surface area (Å²) in [6.45, 7) is 22.9. The number of Topliss-reactive ketones (excluding diaryl/α,β-unsaturated/α-hetero) is 1. The number of ether oxygens (including phenoxy) is 1. The Morgan fingerprint density at radius 3 is 2.20 bits per heavy atom. The number of esters is 1. The zero-order valence-electron chi connectivity index (χ0n) is 29.7. The van der Waals surface area contributed by atoms with Crippen molar-refractivity contribution in [2.45, 2.75) is 126 Å². The highest BCUT2D eigenvalue weighted by atomic mass is 16.6. The van der Waals surface area contributed by atoms with Crippen LogP contribution in [0.5, 0.6) is 0 Å². The number of aliphatic hydroxyl groups is 1. The zero-order valence-corrected chi connectivity index (χ0v) is 29.7. The van der Waals surface area contributed by atoms with E-state index in [-0.39, 0.29) is 45.6 Å². The smallest absolute Gasteiger partial charge is 0.338 e. The molecule has 0 radical (unpaired) electrons. The maximum absolute atomic E-state index is 13.5. The first-order valence-corrected chi connectivity index (χ1v) is 17.8. The molecule has 3 saturated carbocycles. The van der Waals surface area contributed by atoms with Gasteiger partial charge in [-0.15, -0.1) is 0 Å². The third-order valence-corrected chi connectivity index (χ3v) is 14.3. The van der Waals surface area contributed by atoms with Crippen molar-refractivity contribution >= 4 is 17.3 Å². The van der Waals surface area contributed by atoms with Crippen LogP contribution in [-0.4, -0.2) is 29.1 Å². The minimum absolute atomic E-state index is 0.00331. The summed E-state index contributed by atoms with van der Waals surface area (Å²) >= 11 is 0. The Labute approximate surface area is 272 Å². The maximum Gasteiger partial charge on any atom is 0.338 e. The standard InChI is InChI=1S/C41H58O4/c1-25(2)33-30(43)23-41(24-42)22-21-39(9)29(34(33)41)15-16-32-38(8)19-17-28(37(6,7)31(38)18-20-40(32,39)10)26-11-13-27(14-12-26)35(44)45-36(3,4)5/h11-14,17,25,29,31-32,42H,15-16,18-24H2,1-10H3/t29-,31+,32-,38+,39-,40-,41+/m1/s1. The Morgan fingerprint density at radius 2 is 1.60 bits per heavy atom. The van der Waals surface area contributed by atoms with E-state index in [0.717, 1.165) is 31.3 Å². The van der Waals surface area contributed by atoms with Gasteiger partial charge in [-0.25, -0.2) is 4.79 Å². The molecular weight excluding hydrogens is 556 g/mol. The monoisotopic (exact) mass is 614 g/mol. The third kappa shape index (κ3) is 4.61. The van der Waals surface area contributed by atoms with Crippen molar-refractivity contribution in [1.82, 2.24) is 0 Å². The van der Waals surface area contributed by atoms with Gasteiger partial charge in [-0.2, -0.15) is 0 Å². The average molecular weight is 615 g/mol. The van der Waals surface area contributed by atoms with Crippen LogP contribution < -0.4 is 0 Å². The molecule has 0 saturated heterocycles. The van der Waals surface area contributed by atoms with Crippen LogP contribution in [0.4, 0.5) is 0 Å². The molecule has 1 aromatic carbocycles. The van der Waals surface area contributed by atoms with Gasteiger partial charge in [-0.05, 0) is 140 Å². The molecule has 0 amide bonds. The van der Waals surface area contributed by atoms with Crippen LogP contribution in [0, 0.1) is 50.7 Å². The van der Waals surface area contributed by atoms with E-state index in [4.69, 9.17) is 4.74 Å². The lowest BCUT2D eigenvalue weighted by Crippen LogP contribution is -2.64. The number of ketones is 1. The summed E-state index contributed by atoms with van der Waals surface area (Å²) in [6, 6.07) is 8.09. The Kier molecular flexibility index (Phi) is 7.56. The molecule has 0 unspecified atom stereocenters. The second kappa shape index (κ2) is 10.4. The molecular formula is C41H58O4. The quantitative estimate of drug-likeness (QED) is 0.343. The van der Waals surface area contributed by atoms with Gasteiger partial charge >= 0.3 is 5.97 Å². The number of aliphatic hydroxyl groups excluding tert-OH is 1. The molecule has 1 aromatic rings. The first-order chi connectivity index (χ1) is 20.8. The van der Waals surface area contributed by atoms with Crippen LogP contribution >= 0.6 is 0 Å². The normalized spacial score (nSPS) is 39.1. The van der Waals surface area contributed by atoms with E-state index < -0.39 is 5.60 Å². The summed E-state index contributed by atoms with van der Waals surface area (Å²) < 4.78 is 5.61. The molecule has 0 heterocycles. The van der Waals surface area contributed by atoms with Gasteiger partial charge in [-0.3, -0.25) is 4.79 Å². The van der Waals surface area contributed by atoms with Crippen molar-refractivity contribution in [2.24, 2.45) is 50.7 Å². The van der Waals surface area contributed by atoms with E-state index in [1.165, 1.54) is 36.0 Å². The van der Waals surface area contributed by atoms with Gasteiger partial charge in [0.2, 0.25) is 0 Å². The van der Waals surface area contributed by atoms with E-state index in [2.05, 4.69) is 66.7 Å². The first kappa shape index (κ1) is 32.7. The summed E-state index contributed by atoms with van der Waals surface area (Å²) in [6.07, 6.45) is 10.9. The fourth-order valence-electron chi connectivity index (χ4n) is 12.1. The van der Waals surface area contributed by atoms with E-state index in [1.807, 2.05) is 32.9 Å². The number of allylic oxidation sites excluding steroid dienone is 3. The first-order valence-electron chi connectivity index (χ1n) is 17.8. The molecule has 0 aliphatic heterocycles. The minimum atomic E-state index is -0.512. The Balaban J connectivity index is 1.33. The molecule has 1 N–H and O–H groups in total. The summed E-state index contributed by atoms with van der Waals surface area (Å²) in [5.41, 5.74) is 5.31. The van der Waals surface area contributed by atoms with Crippen LogP contribution in [0.3, 0.4) is 0 Å². The van der Waals surface area contributed by atoms with Crippen LogP contribution in [0.15, 0.2) is 41.5 Å². The van der Waals surface area contributed by atoms with Gasteiger partial charge in [0.25, 0.3) is 0 Å². The highest BCUT2D eigenvalue weighted by Crippen LogP contribution is 2.76. The molecule has 6 rings (SSSR count). The second-order valence-electron chi connectivity index (χ2n) is 18.3. The van der Waals surface area contributed by atoms with Crippen LogP contribution in [0.2, 0.25) is 0 Å². The van der Waals surface area contributed by atoms with Gasteiger partial charge in [0, 0.05) is 11.8 Å². The average Bonchev–Trinajstić information content (AvgIpc) is 3.25. The molecule has 5 aliphatic rings. The topological polar surface area (TPSA) is 63.6 Å². The number of carbonyl (C=O) groups excluding carboxylic acids is 2. The SMILES string of the molecule is CC(C)C1=C2[C@H]3CC[C@@H]4[C@@]5(C)CC=C(c6ccc(C(=O)OC(C)(C)C)cc6)C(C)(C)[C@@H]5CC[C@@]4(C)[C@]3(C)CC[C@@]2(CO)CC1=O. The fourth-order valence-corrected chi connectivity index (χ4v) is 12.1. The van der Waals surface area contributed by atoms with E-state index in [1.54, 1.807) is 0 Å².